The van der Waals surface area contributed by atoms with Crippen LogP contribution < -0.4 is 20.5 Å². The lowest BCUT2D eigenvalue weighted by atomic mass is 10.1. The van der Waals surface area contributed by atoms with Crippen LogP contribution >= 0.6 is 0 Å². The van der Waals surface area contributed by atoms with E-state index in [-0.39, 0.29) is 12.6 Å². The van der Waals surface area contributed by atoms with Crippen LogP contribution in [-0.4, -0.2) is 19.1 Å². The number of benzene rings is 2. The van der Waals surface area contributed by atoms with Gasteiger partial charge >= 0.3 is 0 Å². The summed E-state index contributed by atoms with van der Waals surface area (Å²) in [6, 6.07) is 16.0. The van der Waals surface area contributed by atoms with Crippen molar-refractivity contribution in [1.29, 1.82) is 0 Å². The molecule has 3 N–H and O–H groups in total. The molecule has 0 spiro atoms. The average molecular weight is 328 g/mol. The van der Waals surface area contributed by atoms with Crippen LogP contribution in [0.4, 0.5) is 0 Å². The molecule has 2 aromatic carbocycles. The van der Waals surface area contributed by atoms with Crippen LogP contribution in [0.3, 0.4) is 0 Å². The van der Waals surface area contributed by atoms with Gasteiger partial charge in [-0.2, -0.15) is 0 Å². The first kappa shape index (κ1) is 17.8. The Morgan fingerprint density at radius 2 is 1.62 bits per heavy atom. The summed E-state index contributed by atoms with van der Waals surface area (Å²) in [6.07, 6.45) is 0. The maximum absolute atomic E-state index is 10.7. The van der Waals surface area contributed by atoms with E-state index in [0.29, 0.717) is 12.4 Å². The Morgan fingerprint density at radius 1 is 1.04 bits per heavy atom. The molecule has 0 saturated carbocycles. The molecule has 0 aliphatic rings. The predicted octanol–water partition coefficient (Wildman–Crippen LogP) is 2.80. The number of primary amides is 1. The van der Waals surface area contributed by atoms with Gasteiger partial charge in [0.25, 0.3) is 5.91 Å². The summed E-state index contributed by atoms with van der Waals surface area (Å²) in [4.78, 5) is 10.7. The number of ether oxygens (including phenoxy) is 2. The molecule has 0 aliphatic heterocycles. The monoisotopic (exact) mass is 328 g/mol. The number of amides is 1. The molecular formula is C19H24N2O3. The summed E-state index contributed by atoms with van der Waals surface area (Å²) < 4.78 is 10.7. The normalized spacial score (nSPS) is 11.8. The van der Waals surface area contributed by atoms with Crippen LogP contribution in [0.1, 0.15) is 31.0 Å². The van der Waals surface area contributed by atoms with Gasteiger partial charge in [0.2, 0.25) is 0 Å². The first-order valence-electron chi connectivity index (χ1n) is 8.04. The van der Waals surface area contributed by atoms with E-state index in [9.17, 15) is 4.79 Å². The smallest absolute Gasteiger partial charge is 0.255 e. The molecule has 128 valence electrons. The fourth-order valence-electron chi connectivity index (χ4n) is 2.27. The van der Waals surface area contributed by atoms with E-state index in [0.717, 1.165) is 17.9 Å². The van der Waals surface area contributed by atoms with Gasteiger partial charge in [-0.15, -0.1) is 0 Å². The lowest BCUT2D eigenvalue weighted by Crippen LogP contribution is -2.20. The molecule has 1 unspecified atom stereocenters. The van der Waals surface area contributed by atoms with Gasteiger partial charge in [-0.05, 0) is 49.2 Å². The minimum Gasteiger partial charge on any atom is -0.494 e. The second-order valence-electron chi connectivity index (χ2n) is 5.50. The van der Waals surface area contributed by atoms with Crippen molar-refractivity contribution < 1.29 is 14.3 Å². The number of nitrogens with two attached hydrogens (primary N) is 1. The molecule has 0 bridgehead atoms. The van der Waals surface area contributed by atoms with Crippen molar-refractivity contribution in [1.82, 2.24) is 5.32 Å². The van der Waals surface area contributed by atoms with Crippen LogP contribution in [-0.2, 0) is 11.3 Å². The van der Waals surface area contributed by atoms with Crippen molar-refractivity contribution in [3.05, 3.63) is 59.7 Å². The molecule has 24 heavy (non-hydrogen) atoms. The molecule has 0 saturated heterocycles. The molecule has 0 aromatic heterocycles. The summed E-state index contributed by atoms with van der Waals surface area (Å²) in [7, 11) is 0. The second-order valence-corrected chi connectivity index (χ2v) is 5.50. The summed E-state index contributed by atoms with van der Waals surface area (Å²) in [5.74, 6) is 1.04. The zero-order chi connectivity index (χ0) is 17.4. The summed E-state index contributed by atoms with van der Waals surface area (Å²) in [5, 5.41) is 3.48. The third kappa shape index (κ3) is 5.59. The van der Waals surface area contributed by atoms with Gasteiger partial charge in [-0.3, -0.25) is 4.79 Å². The molecule has 1 amide bonds. The van der Waals surface area contributed by atoms with Crippen molar-refractivity contribution in [2.45, 2.75) is 26.4 Å². The molecule has 0 fully saturated rings. The second kappa shape index (κ2) is 8.93. The van der Waals surface area contributed by atoms with Crippen LogP contribution in [0, 0.1) is 0 Å². The zero-order valence-electron chi connectivity index (χ0n) is 14.1. The van der Waals surface area contributed by atoms with Gasteiger partial charge in [-0.25, -0.2) is 0 Å². The highest BCUT2D eigenvalue weighted by Gasteiger charge is 2.05. The largest absolute Gasteiger partial charge is 0.494 e. The van der Waals surface area contributed by atoms with E-state index in [1.165, 1.54) is 5.56 Å². The predicted molar refractivity (Wildman–Crippen MR) is 94.0 cm³/mol. The van der Waals surface area contributed by atoms with Gasteiger partial charge in [-0.1, -0.05) is 24.3 Å². The molecule has 2 rings (SSSR count). The van der Waals surface area contributed by atoms with Crippen LogP contribution in [0.2, 0.25) is 0 Å². The third-order valence-corrected chi connectivity index (χ3v) is 3.61. The van der Waals surface area contributed by atoms with Gasteiger partial charge in [0.1, 0.15) is 11.5 Å². The fourth-order valence-corrected chi connectivity index (χ4v) is 2.27. The van der Waals surface area contributed by atoms with E-state index in [4.69, 9.17) is 15.2 Å². The number of carbonyl (C=O) groups is 1. The van der Waals surface area contributed by atoms with Crippen molar-refractivity contribution >= 4 is 5.91 Å². The Hall–Kier alpha value is -2.53. The Balaban J connectivity index is 1.84. The summed E-state index contributed by atoms with van der Waals surface area (Å²) in [5.41, 5.74) is 7.40. The van der Waals surface area contributed by atoms with E-state index >= 15 is 0 Å². The first-order chi connectivity index (χ1) is 11.6. The molecule has 0 heterocycles. The average Bonchev–Trinajstić information content (AvgIpc) is 2.59. The highest BCUT2D eigenvalue weighted by Crippen LogP contribution is 2.18. The summed E-state index contributed by atoms with van der Waals surface area (Å²) >= 11 is 0. The number of hydrogen-bond donors (Lipinski definition) is 2. The lowest BCUT2D eigenvalue weighted by molar-refractivity contribution is -0.119. The Bertz CT molecular complexity index is 639. The molecule has 2 aromatic rings. The van der Waals surface area contributed by atoms with E-state index in [2.05, 4.69) is 24.4 Å². The fraction of sp³-hybridized carbons (Fsp3) is 0.316. The van der Waals surface area contributed by atoms with Gasteiger partial charge in [0.05, 0.1) is 6.61 Å². The molecule has 5 heteroatoms. The molecule has 0 aliphatic carbocycles. The number of rotatable bonds is 9. The van der Waals surface area contributed by atoms with Gasteiger partial charge in [0.15, 0.2) is 6.61 Å². The number of hydrogen-bond acceptors (Lipinski definition) is 4. The van der Waals surface area contributed by atoms with Crippen LogP contribution in [0.5, 0.6) is 11.5 Å². The number of carbonyl (C=O) groups excluding carboxylic acids is 1. The van der Waals surface area contributed by atoms with E-state index < -0.39 is 5.91 Å². The topological polar surface area (TPSA) is 73.6 Å². The Kier molecular flexibility index (Phi) is 6.63. The third-order valence-electron chi connectivity index (χ3n) is 3.61. The standard InChI is InChI=1S/C19H24N2O3/c1-3-23-17-10-6-16(7-11-17)14(2)21-12-15-4-8-18(9-5-15)24-13-19(20)22/h4-11,14,21H,3,12-13H2,1-2H3,(H2,20,22). The van der Waals surface area contributed by atoms with Crippen LogP contribution in [0.25, 0.3) is 0 Å². The maximum atomic E-state index is 10.7. The number of nitrogens with one attached hydrogen (secondary N) is 1. The highest BCUT2D eigenvalue weighted by molar-refractivity contribution is 5.75. The van der Waals surface area contributed by atoms with Crippen molar-refractivity contribution in [2.24, 2.45) is 5.73 Å². The minimum absolute atomic E-state index is 0.105. The Morgan fingerprint density at radius 3 is 2.21 bits per heavy atom. The van der Waals surface area contributed by atoms with Gasteiger partial charge < -0.3 is 20.5 Å². The highest BCUT2D eigenvalue weighted by atomic mass is 16.5. The summed E-state index contributed by atoms with van der Waals surface area (Å²) in [6.45, 7) is 5.41. The molecule has 1 atom stereocenters. The quantitative estimate of drug-likeness (QED) is 0.742. The maximum Gasteiger partial charge on any atom is 0.255 e. The molecule has 0 radical (unpaired) electrons. The van der Waals surface area contributed by atoms with Crippen molar-refractivity contribution in [3.8, 4) is 11.5 Å². The van der Waals surface area contributed by atoms with Gasteiger partial charge in [0, 0.05) is 12.6 Å². The minimum atomic E-state index is -0.482. The van der Waals surface area contributed by atoms with E-state index in [1.54, 1.807) is 0 Å². The van der Waals surface area contributed by atoms with Crippen molar-refractivity contribution in [3.63, 3.8) is 0 Å². The van der Waals surface area contributed by atoms with E-state index in [1.807, 2.05) is 43.3 Å². The molecule has 5 nitrogen and oxygen atoms in total. The first-order valence-corrected chi connectivity index (χ1v) is 8.04. The Labute approximate surface area is 142 Å². The lowest BCUT2D eigenvalue weighted by Gasteiger charge is -2.15. The van der Waals surface area contributed by atoms with Crippen LogP contribution in [0.15, 0.2) is 48.5 Å². The molecular weight excluding hydrogens is 304 g/mol. The SMILES string of the molecule is CCOc1ccc(C(C)NCc2ccc(OCC(N)=O)cc2)cc1. The zero-order valence-corrected chi connectivity index (χ0v) is 14.1. The van der Waals surface area contributed by atoms with Crippen molar-refractivity contribution in [2.75, 3.05) is 13.2 Å².